The van der Waals surface area contributed by atoms with Gasteiger partial charge in [-0.1, -0.05) is 44.9 Å². The van der Waals surface area contributed by atoms with E-state index in [2.05, 4.69) is 18.8 Å². The number of nitrogens with two attached hydrogens (primary N) is 1. The Morgan fingerprint density at radius 3 is 2.55 bits per heavy atom. The van der Waals surface area contributed by atoms with Crippen LogP contribution < -0.4 is 5.73 Å². The number of hydrogen-bond donors (Lipinski definition) is 3. The number of aromatic amines is 1. The van der Waals surface area contributed by atoms with Crippen molar-refractivity contribution in [1.82, 2.24) is 4.98 Å². The van der Waals surface area contributed by atoms with E-state index in [-0.39, 0.29) is 11.8 Å². The van der Waals surface area contributed by atoms with Gasteiger partial charge in [-0.25, -0.2) is 0 Å². The summed E-state index contributed by atoms with van der Waals surface area (Å²) in [6.45, 7) is 4.18. The van der Waals surface area contributed by atoms with E-state index in [9.17, 15) is 9.90 Å². The van der Waals surface area contributed by atoms with Crippen molar-refractivity contribution in [2.45, 2.75) is 38.6 Å². The number of benzene rings is 1. The van der Waals surface area contributed by atoms with Crippen LogP contribution >= 0.6 is 0 Å². The van der Waals surface area contributed by atoms with Gasteiger partial charge in [0.1, 0.15) is 6.04 Å². The highest BCUT2D eigenvalue weighted by Gasteiger charge is 2.32. The average Bonchev–Trinajstić information content (AvgIpc) is 2.87. The smallest absolute Gasteiger partial charge is 0.321 e. The topological polar surface area (TPSA) is 79.1 Å². The standard InChI is InChI=1S/C16H22N2O2/c1-3-10(4-2)14(15(17)16(19)20)12-9-18-13-8-6-5-7-11(12)13/h5-10,14-15,18H,3-4,17H2,1-2H3,(H,19,20)/t14-,15-/m1/s1. The van der Waals surface area contributed by atoms with Gasteiger partial charge in [-0.05, 0) is 17.5 Å². The van der Waals surface area contributed by atoms with Crippen molar-refractivity contribution in [2.75, 3.05) is 0 Å². The lowest BCUT2D eigenvalue weighted by molar-refractivity contribution is -0.139. The molecule has 0 unspecified atom stereocenters. The molecule has 4 heteroatoms. The molecule has 0 radical (unpaired) electrons. The monoisotopic (exact) mass is 274 g/mol. The van der Waals surface area contributed by atoms with Crippen molar-refractivity contribution in [3.63, 3.8) is 0 Å². The van der Waals surface area contributed by atoms with Gasteiger partial charge in [-0.3, -0.25) is 4.79 Å². The number of para-hydroxylation sites is 1. The van der Waals surface area contributed by atoms with Crippen LogP contribution in [0.5, 0.6) is 0 Å². The minimum Gasteiger partial charge on any atom is -0.480 e. The minimum absolute atomic E-state index is 0.168. The number of nitrogens with one attached hydrogen (secondary N) is 1. The van der Waals surface area contributed by atoms with E-state index in [4.69, 9.17) is 5.73 Å². The second-order valence-corrected chi connectivity index (χ2v) is 5.26. The number of fused-ring (bicyclic) bond motifs is 1. The molecule has 2 atom stereocenters. The third-order valence-corrected chi connectivity index (χ3v) is 4.21. The normalized spacial score (nSPS) is 14.6. The third kappa shape index (κ3) is 2.56. The molecule has 2 aromatic rings. The highest BCUT2D eigenvalue weighted by molar-refractivity contribution is 5.85. The summed E-state index contributed by atoms with van der Waals surface area (Å²) < 4.78 is 0. The van der Waals surface area contributed by atoms with E-state index in [1.165, 1.54) is 0 Å². The molecule has 0 saturated carbocycles. The number of carboxylic acid groups (broad SMARTS) is 1. The van der Waals surface area contributed by atoms with Crippen molar-refractivity contribution in [2.24, 2.45) is 11.7 Å². The van der Waals surface area contributed by atoms with Gasteiger partial charge >= 0.3 is 5.97 Å². The number of aliphatic carboxylic acids is 1. The average molecular weight is 274 g/mol. The first-order valence-corrected chi connectivity index (χ1v) is 7.14. The van der Waals surface area contributed by atoms with E-state index in [1.54, 1.807) is 0 Å². The maximum atomic E-state index is 11.4. The Balaban J connectivity index is 2.52. The van der Waals surface area contributed by atoms with E-state index < -0.39 is 12.0 Å². The highest BCUT2D eigenvalue weighted by Crippen LogP contribution is 2.36. The van der Waals surface area contributed by atoms with Crippen molar-refractivity contribution in [3.05, 3.63) is 36.0 Å². The fourth-order valence-corrected chi connectivity index (χ4v) is 3.06. The molecule has 1 aromatic carbocycles. The van der Waals surface area contributed by atoms with Crippen LogP contribution in [0.25, 0.3) is 10.9 Å². The first kappa shape index (κ1) is 14.6. The van der Waals surface area contributed by atoms with Crippen LogP contribution in [-0.2, 0) is 4.79 Å². The molecule has 2 rings (SSSR count). The van der Waals surface area contributed by atoms with Gasteiger partial charge in [0.05, 0.1) is 0 Å². The van der Waals surface area contributed by atoms with Crippen LogP contribution in [0.2, 0.25) is 0 Å². The minimum atomic E-state index is -0.938. The van der Waals surface area contributed by atoms with Gasteiger partial charge in [-0.2, -0.15) is 0 Å². The van der Waals surface area contributed by atoms with Crippen LogP contribution in [-0.4, -0.2) is 22.1 Å². The highest BCUT2D eigenvalue weighted by atomic mass is 16.4. The van der Waals surface area contributed by atoms with Gasteiger partial charge < -0.3 is 15.8 Å². The summed E-state index contributed by atoms with van der Waals surface area (Å²) in [6, 6.07) is 7.07. The molecule has 4 nitrogen and oxygen atoms in total. The zero-order chi connectivity index (χ0) is 14.7. The Morgan fingerprint density at radius 1 is 1.30 bits per heavy atom. The number of H-pyrrole nitrogens is 1. The Morgan fingerprint density at radius 2 is 1.95 bits per heavy atom. The van der Waals surface area contributed by atoms with Gasteiger partial charge in [0.2, 0.25) is 0 Å². The van der Waals surface area contributed by atoms with Crippen LogP contribution in [0.4, 0.5) is 0 Å². The molecule has 0 amide bonds. The molecule has 0 aliphatic rings. The molecule has 108 valence electrons. The number of aromatic nitrogens is 1. The lowest BCUT2D eigenvalue weighted by atomic mass is 9.78. The van der Waals surface area contributed by atoms with Crippen molar-refractivity contribution >= 4 is 16.9 Å². The van der Waals surface area contributed by atoms with E-state index in [0.717, 1.165) is 29.3 Å². The molecule has 0 fully saturated rings. The fraction of sp³-hybridized carbons (Fsp3) is 0.438. The Kier molecular flexibility index (Phi) is 4.45. The number of carbonyl (C=O) groups is 1. The van der Waals surface area contributed by atoms with Gasteiger partial charge in [0.15, 0.2) is 0 Å². The number of carboxylic acids is 1. The summed E-state index contributed by atoms with van der Waals surface area (Å²) in [5.74, 6) is -0.842. The molecule has 0 bridgehead atoms. The Bertz CT molecular complexity index is 587. The van der Waals surface area contributed by atoms with Crippen LogP contribution in [0, 0.1) is 5.92 Å². The Hall–Kier alpha value is -1.81. The van der Waals surface area contributed by atoms with E-state index in [1.807, 2.05) is 30.5 Å². The number of rotatable bonds is 6. The predicted octanol–water partition coefficient (Wildman–Crippen LogP) is 3.10. The number of hydrogen-bond acceptors (Lipinski definition) is 2. The molecular formula is C16H22N2O2. The molecule has 1 aromatic heterocycles. The molecule has 0 saturated heterocycles. The maximum absolute atomic E-state index is 11.4. The predicted molar refractivity (Wildman–Crippen MR) is 80.7 cm³/mol. The largest absolute Gasteiger partial charge is 0.480 e. The lowest BCUT2D eigenvalue weighted by Gasteiger charge is -2.28. The molecule has 4 N–H and O–H groups in total. The summed E-state index contributed by atoms with van der Waals surface area (Å²) in [5, 5.41) is 10.4. The fourth-order valence-electron chi connectivity index (χ4n) is 3.06. The molecule has 0 aliphatic carbocycles. The second-order valence-electron chi connectivity index (χ2n) is 5.26. The van der Waals surface area contributed by atoms with Crippen molar-refractivity contribution in [1.29, 1.82) is 0 Å². The van der Waals surface area contributed by atoms with E-state index in [0.29, 0.717) is 0 Å². The SMILES string of the molecule is CCC(CC)[C@H](c1c[nH]c2ccccc12)[C@@H](N)C(=O)O. The molecule has 20 heavy (non-hydrogen) atoms. The lowest BCUT2D eigenvalue weighted by Crippen LogP contribution is -2.39. The molecular weight excluding hydrogens is 252 g/mol. The third-order valence-electron chi connectivity index (χ3n) is 4.21. The van der Waals surface area contributed by atoms with Gasteiger partial charge in [-0.15, -0.1) is 0 Å². The second kappa shape index (κ2) is 6.09. The zero-order valence-corrected chi connectivity index (χ0v) is 12.0. The van der Waals surface area contributed by atoms with Crippen LogP contribution in [0.15, 0.2) is 30.5 Å². The maximum Gasteiger partial charge on any atom is 0.321 e. The Labute approximate surface area is 119 Å². The first-order chi connectivity index (χ1) is 9.60. The van der Waals surface area contributed by atoms with Crippen LogP contribution in [0.3, 0.4) is 0 Å². The summed E-state index contributed by atoms with van der Waals surface area (Å²) in [6.07, 6.45) is 3.75. The van der Waals surface area contributed by atoms with Crippen molar-refractivity contribution in [3.8, 4) is 0 Å². The summed E-state index contributed by atoms with van der Waals surface area (Å²) in [4.78, 5) is 14.6. The molecule has 0 spiro atoms. The summed E-state index contributed by atoms with van der Waals surface area (Å²) in [7, 11) is 0. The molecule has 1 heterocycles. The zero-order valence-electron chi connectivity index (χ0n) is 12.0. The summed E-state index contributed by atoms with van der Waals surface area (Å²) >= 11 is 0. The van der Waals surface area contributed by atoms with Crippen molar-refractivity contribution < 1.29 is 9.90 Å². The quantitative estimate of drug-likeness (QED) is 0.757. The summed E-state index contributed by atoms with van der Waals surface area (Å²) in [5.41, 5.74) is 8.02. The van der Waals surface area contributed by atoms with Crippen LogP contribution in [0.1, 0.15) is 38.2 Å². The van der Waals surface area contributed by atoms with E-state index >= 15 is 0 Å². The van der Waals surface area contributed by atoms with Gasteiger partial charge in [0, 0.05) is 23.0 Å². The molecule has 0 aliphatic heterocycles. The first-order valence-electron chi connectivity index (χ1n) is 7.14. The van der Waals surface area contributed by atoms with Gasteiger partial charge in [0.25, 0.3) is 0 Å².